The van der Waals surface area contributed by atoms with Gasteiger partial charge >= 0.3 is 0 Å². The van der Waals surface area contributed by atoms with E-state index in [4.69, 9.17) is 10.8 Å². The third-order valence-corrected chi connectivity index (χ3v) is 3.35. The van der Waals surface area contributed by atoms with Crippen molar-refractivity contribution < 1.29 is 5.11 Å². The SMILES string of the molecule is CC(CCO)SCc1nc(N)nc(N(C)C)n1. The van der Waals surface area contributed by atoms with E-state index in [2.05, 4.69) is 21.9 Å². The molecule has 0 aliphatic heterocycles. The summed E-state index contributed by atoms with van der Waals surface area (Å²) in [6.45, 7) is 2.27. The van der Waals surface area contributed by atoms with E-state index < -0.39 is 0 Å². The van der Waals surface area contributed by atoms with Crippen molar-refractivity contribution in [3.05, 3.63) is 5.82 Å². The van der Waals surface area contributed by atoms with Crippen molar-refractivity contribution in [2.75, 3.05) is 31.3 Å². The molecule has 1 aromatic heterocycles. The number of rotatable bonds is 6. The number of thioether (sulfide) groups is 1. The van der Waals surface area contributed by atoms with Crippen LogP contribution < -0.4 is 10.6 Å². The number of nitrogen functional groups attached to an aromatic ring is 1. The highest BCUT2D eigenvalue weighted by molar-refractivity contribution is 7.99. The zero-order valence-corrected chi connectivity index (χ0v) is 11.2. The molecule has 0 aromatic carbocycles. The van der Waals surface area contributed by atoms with Crippen molar-refractivity contribution >= 4 is 23.7 Å². The van der Waals surface area contributed by atoms with Crippen molar-refractivity contribution in [2.24, 2.45) is 0 Å². The summed E-state index contributed by atoms with van der Waals surface area (Å²) in [4.78, 5) is 14.2. The zero-order valence-electron chi connectivity index (χ0n) is 10.4. The van der Waals surface area contributed by atoms with E-state index in [9.17, 15) is 0 Å². The Labute approximate surface area is 106 Å². The normalized spacial score (nSPS) is 12.5. The molecule has 0 radical (unpaired) electrons. The van der Waals surface area contributed by atoms with E-state index in [0.29, 0.717) is 22.8 Å². The molecule has 1 aromatic rings. The number of aliphatic hydroxyl groups excluding tert-OH is 1. The lowest BCUT2D eigenvalue weighted by atomic mass is 10.3. The van der Waals surface area contributed by atoms with Gasteiger partial charge in [-0.2, -0.15) is 26.7 Å². The summed E-state index contributed by atoms with van der Waals surface area (Å²) < 4.78 is 0. The smallest absolute Gasteiger partial charge is 0.229 e. The molecule has 0 saturated carbocycles. The second kappa shape index (κ2) is 6.61. The fraction of sp³-hybridized carbons (Fsp3) is 0.700. The number of aliphatic hydroxyl groups is 1. The van der Waals surface area contributed by atoms with Crippen molar-refractivity contribution in [2.45, 2.75) is 24.3 Å². The Bertz CT molecular complexity index is 361. The monoisotopic (exact) mass is 257 g/mol. The van der Waals surface area contributed by atoms with Gasteiger partial charge in [0.25, 0.3) is 0 Å². The maximum Gasteiger partial charge on any atom is 0.229 e. The van der Waals surface area contributed by atoms with E-state index in [1.807, 2.05) is 14.1 Å². The summed E-state index contributed by atoms with van der Waals surface area (Å²) in [5, 5.41) is 9.19. The van der Waals surface area contributed by atoms with Crippen LogP contribution >= 0.6 is 11.8 Å². The Kier molecular flexibility index (Phi) is 5.43. The highest BCUT2D eigenvalue weighted by Crippen LogP contribution is 2.18. The van der Waals surface area contributed by atoms with Crippen LogP contribution in [-0.2, 0) is 5.75 Å². The molecule has 0 aliphatic carbocycles. The van der Waals surface area contributed by atoms with Gasteiger partial charge in [-0.3, -0.25) is 0 Å². The van der Waals surface area contributed by atoms with Gasteiger partial charge in [-0.1, -0.05) is 6.92 Å². The molecule has 1 rings (SSSR count). The van der Waals surface area contributed by atoms with Gasteiger partial charge in [0.05, 0.1) is 5.75 Å². The van der Waals surface area contributed by atoms with Crippen LogP contribution in [0.5, 0.6) is 0 Å². The topological polar surface area (TPSA) is 88.2 Å². The van der Waals surface area contributed by atoms with Crippen LogP contribution in [0.4, 0.5) is 11.9 Å². The van der Waals surface area contributed by atoms with Gasteiger partial charge < -0.3 is 15.7 Å². The first kappa shape index (κ1) is 14.0. The largest absolute Gasteiger partial charge is 0.396 e. The molecule has 1 atom stereocenters. The zero-order chi connectivity index (χ0) is 12.8. The number of hydrogen-bond acceptors (Lipinski definition) is 7. The van der Waals surface area contributed by atoms with Crippen LogP contribution in [0.2, 0.25) is 0 Å². The lowest BCUT2D eigenvalue weighted by Gasteiger charge is -2.12. The Hall–Kier alpha value is -1.08. The predicted molar refractivity (Wildman–Crippen MR) is 71.0 cm³/mol. The summed E-state index contributed by atoms with van der Waals surface area (Å²) in [5.74, 6) is 2.17. The lowest BCUT2D eigenvalue weighted by Crippen LogP contribution is -2.16. The molecule has 0 saturated heterocycles. The highest BCUT2D eigenvalue weighted by Gasteiger charge is 2.08. The van der Waals surface area contributed by atoms with E-state index in [-0.39, 0.29) is 12.6 Å². The molecule has 0 fully saturated rings. The van der Waals surface area contributed by atoms with Gasteiger partial charge in [0.15, 0.2) is 0 Å². The molecule has 0 amide bonds. The Balaban J connectivity index is 2.64. The van der Waals surface area contributed by atoms with Gasteiger partial charge in [0.1, 0.15) is 5.82 Å². The average molecular weight is 257 g/mol. The summed E-state index contributed by atoms with van der Waals surface area (Å²) in [6.07, 6.45) is 0.770. The molecule has 96 valence electrons. The van der Waals surface area contributed by atoms with Gasteiger partial charge in [-0.25, -0.2) is 0 Å². The van der Waals surface area contributed by atoms with Crippen molar-refractivity contribution in [3.63, 3.8) is 0 Å². The third-order valence-electron chi connectivity index (χ3n) is 2.12. The first-order valence-electron chi connectivity index (χ1n) is 5.43. The molecule has 6 nitrogen and oxygen atoms in total. The number of anilines is 2. The number of nitrogens with zero attached hydrogens (tertiary/aromatic N) is 4. The maximum atomic E-state index is 8.81. The quantitative estimate of drug-likeness (QED) is 0.768. The van der Waals surface area contributed by atoms with Gasteiger partial charge in [-0.15, -0.1) is 0 Å². The van der Waals surface area contributed by atoms with Crippen LogP contribution in [0, 0.1) is 0 Å². The third kappa shape index (κ3) is 4.74. The van der Waals surface area contributed by atoms with E-state index in [1.165, 1.54) is 0 Å². The molecule has 0 aliphatic rings. The minimum absolute atomic E-state index is 0.205. The standard InChI is InChI=1S/C10H19N5OS/c1-7(4-5-16)17-6-8-12-9(11)14-10(13-8)15(2)3/h7,16H,4-6H2,1-3H3,(H2,11,12,13,14). The molecular formula is C10H19N5OS. The second-order valence-electron chi connectivity index (χ2n) is 3.94. The van der Waals surface area contributed by atoms with Crippen LogP contribution in [0.25, 0.3) is 0 Å². The molecule has 17 heavy (non-hydrogen) atoms. The van der Waals surface area contributed by atoms with Crippen LogP contribution in [0.3, 0.4) is 0 Å². The van der Waals surface area contributed by atoms with Crippen LogP contribution in [0.1, 0.15) is 19.2 Å². The summed E-state index contributed by atoms with van der Waals surface area (Å²) in [5.41, 5.74) is 5.62. The lowest BCUT2D eigenvalue weighted by molar-refractivity contribution is 0.289. The first-order valence-corrected chi connectivity index (χ1v) is 6.48. The Morgan fingerprint density at radius 3 is 2.65 bits per heavy atom. The van der Waals surface area contributed by atoms with Crippen molar-refractivity contribution in [1.29, 1.82) is 0 Å². The molecule has 3 N–H and O–H groups in total. The van der Waals surface area contributed by atoms with Crippen molar-refractivity contribution in [1.82, 2.24) is 15.0 Å². The van der Waals surface area contributed by atoms with Gasteiger partial charge in [0, 0.05) is 26.0 Å². The molecule has 0 bridgehead atoms. The number of nitrogens with two attached hydrogens (primary N) is 1. The minimum Gasteiger partial charge on any atom is -0.396 e. The fourth-order valence-electron chi connectivity index (χ4n) is 1.17. The molecule has 0 spiro atoms. The van der Waals surface area contributed by atoms with Crippen LogP contribution in [0.15, 0.2) is 0 Å². The first-order chi connectivity index (χ1) is 8.02. The van der Waals surface area contributed by atoms with Gasteiger partial charge in [-0.05, 0) is 6.42 Å². The Morgan fingerprint density at radius 1 is 1.35 bits per heavy atom. The summed E-state index contributed by atoms with van der Waals surface area (Å²) in [6, 6.07) is 0. The van der Waals surface area contributed by atoms with Crippen LogP contribution in [-0.4, -0.2) is 46.0 Å². The second-order valence-corrected chi connectivity index (χ2v) is 5.36. The predicted octanol–water partition coefficient (Wildman–Crippen LogP) is 0.524. The highest BCUT2D eigenvalue weighted by atomic mass is 32.2. The van der Waals surface area contributed by atoms with Crippen molar-refractivity contribution in [3.8, 4) is 0 Å². The number of aromatic nitrogens is 3. The summed E-state index contributed by atoms with van der Waals surface area (Å²) >= 11 is 1.70. The molecule has 7 heteroatoms. The Morgan fingerprint density at radius 2 is 2.06 bits per heavy atom. The summed E-state index contributed by atoms with van der Waals surface area (Å²) in [7, 11) is 3.72. The fourth-order valence-corrected chi connectivity index (χ4v) is 2.01. The number of hydrogen-bond donors (Lipinski definition) is 2. The van der Waals surface area contributed by atoms with E-state index in [1.54, 1.807) is 16.7 Å². The minimum atomic E-state index is 0.205. The molecule has 1 unspecified atom stereocenters. The van der Waals surface area contributed by atoms with E-state index in [0.717, 1.165) is 6.42 Å². The average Bonchev–Trinajstić information content (AvgIpc) is 2.26. The molecular weight excluding hydrogens is 238 g/mol. The molecule has 1 heterocycles. The maximum absolute atomic E-state index is 8.81. The van der Waals surface area contributed by atoms with Gasteiger partial charge in [0.2, 0.25) is 11.9 Å². The van der Waals surface area contributed by atoms with E-state index >= 15 is 0 Å².